The van der Waals surface area contributed by atoms with Crippen molar-refractivity contribution in [2.75, 3.05) is 0 Å². The average molecular weight is 226 g/mol. The number of thiol groups is 1. The molecular weight excluding hydrogens is 220 g/mol. The van der Waals surface area contributed by atoms with Crippen LogP contribution < -0.4 is 0 Å². The topological polar surface area (TPSA) is 101 Å². The van der Waals surface area contributed by atoms with Crippen LogP contribution in [0.15, 0.2) is 11.1 Å². The molecule has 0 radical (unpaired) electrons. The molecule has 0 atom stereocenters. The predicted octanol–water partition coefficient (Wildman–Crippen LogP) is -0.397. The maximum absolute atomic E-state index is 10.7. The number of carbonyl (C=O) groups is 1. The average Bonchev–Trinajstić information content (AvgIpc) is 2.61. The van der Waals surface area contributed by atoms with Crippen LogP contribution in [0.2, 0.25) is 0 Å². The molecule has 7 nitrogen and oxygen atoms in total. The molecule has 2 heterocycles. The van der Waals surface area contributed by atoms with E-state index in [0.717, 1.165) is 0 Å². The molecule has 0 unspecified atom stereocenters. The summed E-state index contributed by atoms with van der Waals surface area (Å²) in [6.45, 7) is -0.334. The Kier molecular flexibility index (Phi) is 2.29. The molecule has 0 bridgehead atoms. The molecule has 2 aromatic rings. The van der Waals surface area contributed by atoms with Crippen molar-refractivity contribution in [2.24, 2.45) is 0 Å². The lowest BCUT2D eigenvalue weighted by atomic mass is 10.4. The van der Waals surface area contributed by atoms with E-state index >= 15 is 0 Å². The largest absolute Gasteiger partial charge is 0.477 e. The van der Waals surface area contributed by atoms with Gasteiger partial charge in [-0.25, -0.2) is 9.78 Å². The smallest absolute Gasteiger partial charge is 0.354 e. The van der Waals surface area contributed by atoms with Crippen LogP contribution in [0.3, 0.4) is 0 Å². The summed E-state index contributed by atoms with van der Waals surface area (Å²) in [4.78, 5) is 18.2. The van der Waals surface area contributed by atoms with Crippen molar-refractivity contribution in [3.8, 4) is 0 Å². The van der Waals surface area contributed by atoms with Gasteiger partial charge in [-0.1, -0.05) is 0 Å². The molecular formula is C7H6N4O3S. The highest BCUT2D eigenvalue weighted by atomic mass is 32.1. The molecule has 78 valence electrons. The minimum Gasteiger partial charge on any atom is -0.477 e. The van der Waals surface area contributed by atoms with E-state index in [9.17, 15) is 4.79 Å². The van der Waals surface area contributed by atoms with Crippen LogP contribution >= 0.6 is 12.6 Å². The highest BCUT2D eigenvalue weighted by Crippen LogP contribution is 2.10. The zero-order valence-electron chi connectivity index (χ0n) is 7.32. The molecule has 0 fully saturated rings. The molecule has 0 saturated heterocycles. The van der Waals surface area contributed by atoms with Crippen LogP contribution in [0.1, 0.15) is 16.3 Å². The van der Waals surface area contributed by atoms with E-state index in [0.29, 0.717) is 5.03 Å². The lowest BCUT2D eigenvalue weighted by Gasteiger charge is -1.97. The van der Waals surface area contributed by atoms with Crippen molar-refractivity contribution in [3.63, 3.8) is 0 Å². The second-order valence-electron chi connectivity index (χ2n) is 2.70. The molecule has 0 aliphatic carbocycles. The van der Waals surface area contributed by atoms with Crippen LogP contribution in [0.5, 0.6) is 0 Å². The van der Waals surface area contributed by atoms with Crippen LogP contribution in [0, 0.1) is 0 Å². The predicted molar refractivity (Wildman–Crippen MR) is 50.9 cm³/mol. The van der Waals surface area contributed by atoms with Crippen molar-refractivity contribution in [2.45, 2.75) is 11.6 Å². The standard InChI is InChI=1S/C7H6N4O3S/c12-2-4-9-7-8-3(6(13)14)1-5(15)11(7)10-4/h1,12,15H,2H2,(H,13,14). The van der Waals surface area contributed by atoms with Gasteiger partial charge >= 0.3 is 5.97 Å². The van der Waals surface area contributed by atoms with Crippen LogP contribution in [-0.2, 0) is 6.61 Å². The third kappa shape index (κ3) is 1.64. The number of aliphatic hydroxyl groups is 1. The molecule has 0 aromatic carbocycles. The van der Waals surface area contributed by atoms with Crippen molar-refractivity contribution in [3.05, 3.63) is 17.6 Å². The fraction of sp³-hybridized carbons (Fsp3) is 0.143. The summed E-state index contributed by atoms with van der Waals surface area (Å²) in [5.41, 5.74) is -0.163. The van der Waals surface area contributed by atoms with Crippen LogP contribution in [-0.4, -0.2) is 35.8 Å². The molecule has 15 heavy (non-hydrogen) atoms. The first-order valence-corrected chi connectivity index (χ1v) is 4.36. The number of aromatic carboxylic acids is 1. The summed E-state index contributed by atoms with van der Waals surface area (Å²) in [5, 5.41) is 21.7. The third-order valence-electron chi connectivity index (χ3n) is 1.70. The molecule has 0 spiro atoms. The van der Waals surface area contributed by atoms with E-state index in [-0.39, 0.29) is 23.9 Å². The monoisotopic (exact) mass is 226 g/mol. The van der Waals surface area contributed by atoms with Gasteiger partial charge in [0.25, 0.3) is 5.78 Å². The molecule has 0 amide bonds. The van der Waals surface area contributed by atoms with Gasteiger partial charge in [0, 0.05) is 6.07 Å². The fourth-order valence-corrected chi connectivity index (χ4v) is 1.33. The van der Waals surface area contributed by atoms with Gasteiger partial charge in [-0.05, 0) is 0 Å². The minimum absolute atomic E-state index is 0.101. The first kappa shape index (κ1) is 9.87. The van der Waals surface area contributed by atoms with Gasteiger partial charge in [0.1, 0.15) is 11.6 Å². The number of hydrogen-bond donors (Lipinski definition) is 3. The van der Waals surface area contributed by atoms with Gasteiger partial charge in [0.2, 0.25) is 0 Å². The quantitative estimate of drug-likeness (QED) is 0.476. The van der Waals surface area contributed by atoms with E-state index in [1.807, 2.05) is 0 Å². The fourth-order valence-electron chi connectivity index (χ4n) is 1.07. The number of aliphatic hydroxyl groups excluding tert-OH is 1. The Morgan fingerprint density at radius 2 is 2.27 bits per heavy atom. The second kappa shape index (κ2) is 3.48. The van der Waals surface area contributed by atoms with Gasteiger partial charge < -0.3 is 10.2 Å². The summed E-state index contributed by atoms with van der Waals surface area (Å²) < 4.78 is 1.25. The minimum atomic E-state index is -1.17. The van der Waals surface area contributed by atoms with Gasteiger partial charge in [0.05, 0.1) is 0 Å². The lowest BCUT2D eigenvalue weighted by Crippen LogP contribution is -2.04. The van der Waals surface area contributed by atoms with Crippen molar-refractivity contribution in [1.82, 2.24) is 19.6 Å². The normalized spacial score (nSPS) is 10.8. The molecule has 2 aromatic heterocycles. The van der Waals surface area contributed by atoms with Crippen LogP contribution in [0.4, 0.5) is 0 Å². The SMILES string of the molecule is O=C(O)c1cc(S)n2nc(CO)nc2n1. The van der Waals surface area contributed by atoms with E-state index in [2.05, 4.69) is 27.7 Å². The Bertz CT molecular complexity index is 538. The lowest BCUT2D eigenvalue weighted by molar-refractivity contribution is 0.0690. The first-order valence-electron chi connectivity index (χ1n) is 3.91. The molecule has 2 rings (SSSR count). The molecule has 0 saturated carbocycles. The van der Waals surface area contributed by atoms with Crippen LogP contribution in [0.25, 0.3) is 5.78 Å². The van der Waals surface area contributed by atoms with Gasteiger partial charge in [-0.3, -0.25) is 0 Å². The van der Waals surface area contributed by atoms with E-state index in [4.69, 9.17) is 10.2 Å². The highest BCUT2D eigenvalue weighted by molar-refractivity contribution is 7.80. The number of nitrogens with zero attached hydrogens (tertiary/aromatic N) is 4. The van der Waals surface area contributed by atoms with Crippen molar-refractivity contribution >= 4 is 24.4 Å². The third-order valence-corrected chi connectivity index (χ3v) is 2.02. The maximum Gasteiger partial charge on any atom is 0.354 e. The van der Waals surface area contributed by atoms with E-state index in [1.54, 1.807) is 0 Å². The van der Waals surface area contributed by atoms with E-state index < -0.39 is 5.97 Å². The molecule has 8 heteroatoms. The number of carboxylic acids is 1. The van der Waals surface area contributed by atoms with Crippen molar-refractivity contribution in [1.29, 1.82) is 0 Å². The number of carboxylic acid groups (broad SMARTS) is 1. The Labute approximate surface area is 88.8 Å². The Hall–Kier alpha value is -1.67. The Morgan fingerprint density at radius 3 is 2.87 bits per heavy atom. The molecule has 0 aliphatic rings. The summed E-state index contributed by atoms with van der Waals surface area (Å²) in [6, 6.07) is 1.26. The zero-order chi connectivity index (χ0) is 11.0. The van der Waals surface area contributed by atoms with Crippen molar-refractivity contribution < 1.29 is 15.0 Å². The highest BCUT2D eigenvalue weighted by Gasteiger charge is 2.12. The first-order chi connectivity index (χ1) is 7.11. The number of fused-ring (bicyclic) bond motifs is 1. The van der Waals surface area contributed by atoms with E-state index in [1.165, 1.54) is 10.6 Å². The Balaban J connectivity index is 2.70. The molecule has 0 aliphatic heterocycles. The summed E-state index contributed by atoms with van der Waals surface area (Å²) in [6.07, 6.45) is 0. The number of hydrogen-bond acceptors (Lipinski definition) is 6. The maximum atomic E-state index is 10.7. The number of aromatic nitrogens is 4. The summed E-state index contributed by atoms with van der Waals surface area (Å²) in [7, 11) is 0. The van der Waals surface area contributed by atoms with Gasteiger partial charge in [-0.2, -0.15) is 9.50 Å². The van der Waals surface area contributed by atoms with Gasteiger partial charge in [0.15, 0.2) is 11.5 Å². The zero-order valence-corrected chi connectivity index (χ0v) is 8.22. The summed E-state index contributed by atoms with van der Waals surface area (Å²) in [5.74, 6) is -0.898. The summed E-state index contributed by atoms with van der Waals surface area (Å²) >= 11 is 4.04. The second-order valence-corrected chi connectivity index (χ2v) is 3.16. The molecule has 2 N–H and O–H groups in total. The Morgan fingerprint density at radius 1 is 1.53 bits per heavy atom. The van der Waals surface area contributed by atoms with Gasteiger partial charge in [-0.15, -0.1) is 17.7 Å². The number of rotatable bonds is 2.